The van der Waals surface area contributed by atoms with Crippen molar-refractivity contribution in [3.05, 3.63) is 42.5 Å². The SMILES string of the molecule is COc1ccc(-c2nc3ccccc3s2)c(OC)c1. The van der Waals surface area contributed by atoms with E-state index in [1.54, 1.807) is 25.6 Å². The standard InChI is InChI=1S/C15H13NO2S/c1-17-10-7-8-11(13(9-10)18-2)15-16-12-5-3-4-6-14(12)19-15/h3-9H,1-2H3. The topological polar surface area (TPSA) is 31.4 Å². The Balaban J connectivity index is 2.15. The molecule has 19 heavy (non-hydrogen) atoms. The molecule has 3 rings (SSSR count). The summed E-state index contributed by atoms with van der Waals surface area (Å²) in [5.74, 6) is 1.56. The molecule has 0 radical (unpaired) electrons. The van der Waals surface area contributed by atoms with E-state index in [9.17, 15) is 0 Å². The van der Waals surface area contributed by atoms with Crippen LogP contribution in [-0.2, 0) is 0 Å². The molecule has 2 aromatic carbocycles. The van der Waals surface area contributed by atoms with Crippen LogP contribution in [0, 0.1) is 0 Å². The van der Waals surface area contributed by atoms with Crippen LogP contribution in [0.25, 0.3) is 20.8 Å². The van der Waals surface area contributed by atoms with Gasteiger partial charge in [-0.05, 0) is 24.3 Å². The van der Waals surface area contributed by atoms with E-state index < -0.39 is 0 Å². The van der Waals surface area contributed by atoms with Crippen LogP contribution in [0.1, 0.15) is 0 Å². The van der Waals surface area contributed by atoms with Crippen LogP contribution in [0.3, 0.4) is 0 Å². The Bertz CT molecular complexity index is 688. The van der Waals surface area contributed by atoms with Gasteiger partial charge >= 0.3 is 0 Å². The highest BCUT2D eigenvalue weighted by atomic mass is 32.1. The lowest BCUT2D eigenvalue weighted by Gasteiger charge is -2.07. The fourth-order valence-corrected chi connectivity index (χ4v) is 2.96. The van der Waals surface area contributed by atoms with Gasteiger partial charge in [-0.1, -0.05) is 12.1 Å². The van der Waals surface area contributed by atoms with Gasteiger partial charge in [0, 0.05) is 6.07 Å². The first kappa shape index (κ1) is 12.0. The second-order valence-electron chi connectivity index (χ2n) is 4.05. The Morgan fingerprint density at radius 2 is 1.84 bits per heavy atom. The van der Waals surface area contributed by atoms with Crippen molar-refractivity contribution < 1.29 is 9.47 Å². The number of para-hydroxylation sites is 1. The van der Waals surface area contributed by atoms with Gasteiger partial charge in [-0.25, -0.2) is 4.98 Å². The van der Waals surface area contributed by atoms with Crippen molar-refractivity contribution in [1.29, 1.82) is 0 Å². The van der Waals surface area contributed by atoms with Crippen molar-refractivity contribution in [2.24, 2.45) is 0 Å². The number of methoxy groups -OCH3 is 2. The number of aromatic nitrogens is 1. The maximum Gasteiger partial charge on any atom is 0.132 e. The highest BCUT2D eigenvalue weighted by Crippen LogP contribution is 2.37. The summed E-state index contributed by atoms with van der Waals surface area (Å²) in [6.07, 6.45) is 0. The molecule has 0 saturated carbocycles. The summed E-state index contributed by atoms with van der Waals surface area (Å²) in [7, 11) is 3.30. The minimum Gasteiger partial charge on any atom is -0.497 e. The van der Waals surface area contributed by atoms with Crippen molar-refractivity contribution in [1.82, 2.24) is 4.98 Å². The number of nitrogens with zero attached hydrogens (tertiary/aromatic N) is 1. The Hall–Kier alpha value is -2.07. The van der Waals surface area contributed by atoms with E-state index in [-0.39, 0.29) is 0 Å². The second-order valence-corrected chi connectivity index (χ2v) is 5.08. The van der Waals surface area contributed by atoms with E-state index in [0.29, 0.717) is 0 Å². The number of thiazole rings is 1. The summed E-state index contributed by atoms with van der Waals surface area (Å²) in [6.45, 7) is 0. The third-order valence-electron chi connectivity index (χ3n) is 2.93. The zero-order valence-corrected chi connectivity index (χ0v) is 11.5. The Morgan fingerprint density at radius 1 is 1.00 bits per heavy atom. The smallest absolute Gasteiger partial charge is 0.132 e. The normalized spacial score (nSPS) is 10.6. The molecule has 0 fully saturated rings. The minimum atomic E-state index is 0.776. The zero-order chi connectivity index (χ0) is 13.2. The highest BCUT2D eigenvalue weighted by Gasteiger charge is 2.12. The molecular formula is C15H13NO2S. The lowest BCUT2D eigenvalue weighted by atomic mass is 10.2. The Morgan fingerprint density at radius 3 is 2.58 bits per heavy atom. The van der Waals surface area contributed by atoms with E-state index in [4.69, 9.17) is 9.47 Å². The van der Waals surface area contributed by atoms with E-state index in [0.717, 1.165) is 27.6 Å². The number of ether oxygens (including phenoxy) is 2. The van der Waals surface area contributed by atoms with E-state index in [1.165, 1.54) is 4.70 Å². The van der Waals surface area contributed by atoms with E-state index >= 15 is 0 Å². The van der Waals surface area contributed by atoms with Crippen LogP contribution in [0.5, 0.6) is 11.5 Å². The van der Waals surface area contributed by atoms with Crippen LogP contribution < -0.4 is 9.47 Å². The predicted molar refractivity (Wildman–Crippen MR) is 78.2 cm³/mol. The summed E-state index contributed by atoms with van der Waals surface area (Å²) in [5.41, 5.74) is 2.00. The van der Waals surface area contributed by atoms with Gasteiger partial charge in [0.2, 0.25) is 0 Å². The molecule has 3 aromatic rings. The largest absolute Gasteiger partial charge is 0.497 e. The summed E-state index contributed by atoms with van der Waals surface area (Å²) < 4.78 is 11.8. The zero-order valence-electron chi connectivity index (χ0n) is 10.7. The van der Waals surface area contributed by atoms with Crippen molar-refractivity contribution in [3.63, 3.8) is 0 Å². The van der Waals surface area contributed by atoms with Gasteiger partial charge in [0.15, 0.2) is 0 Å². The van der Waals surface area contributed by atoms with Crippen LogP contribution >= 0.6 is 11.3 Å². The predicted octanol–water partition coefficient (Wildman–Crippen LogP) is 3.98. The third-order valence-corrected chi connectivity index (χ3v) is 4.00. The molecule has 0 saturated heterocycles. The molecule has 1 heterocycles. The number of benzene rings is 2. The van der Waals surface area contributed by atoms with E-state index in [2.05, 4.69) is 11.1 Å². The number of fused-ring (bicyclic) bond motifs is 1. The molecule has 0 amide bonds. The van der Waals surface area contributed by atoms with Gasteiger partial charge in [-0.15, -0.1) is 11.3 Å². The van der Waals surface area contributed by atoms with Gasteiger partial charge in [-0.3, -0.25) is 0 Å². The fourth-order valence-electron chi connectivity index (χ4n) is 1.96. The van der Waals surface area contributed by atoms with E-state index in [1.807, 2.05) is 36.4 Å². The third kappa shape index (κ3) is 2.15. The molecule has 0 atom stereocenters. The molecule has 0 aliphatic heterocycles. The Labute approximate surface area is 115 Å². The maximum absolute atomic E-state index is 5.42. The Kier molecular flexibility index (Phi) is 3.09. The van der Waals surface area contributed by atoms with Crippen molar-refractivity contribution in [3.8, 4) is 22.1 Å². The summed E-state index contributed by atoms with van der Waals surface area (Å²) in [5, 5.41) is 0.959. The van der Waals surface area contributed by atoms with Crippen LogP contribution in [0.2, 0.25) is 0 Å². The summed E-state index contributed by atoms with van der Waals surface area (Å²) >= 11 is 1.66. The average Bonchev–Trinajstić information content (AvgIpc) is 2.90. The minimum absolute atomic E-state index is 0.776. The summed E-state index contributed by atoms with van der Waals surface area (Å²) in [4.78, 5) is 4.64. The number of hydrogen-bond donors (Lipinski definition) is 0. The van der Waals surface area contributed by atoms with Gasteiger partial charge in [0.1, 0.15) is 16.5 Å². The molecule has 0 aliphatic carbocycles. The molecular weight excluding hydrogens is 258 g/mol. The molecule has 3 nitrogen and oxygen atoms in total. The molecule has 96 valence electrons. The first-order valence-electron chi connectivity index (χ1n) is 5.90. The molecule has 0 unspecified atom stereocenters. The maximum atomic E-state index is 5.42. The molecule has 0 N–H and O–H groups in total. The second kappa shape index (κ2) is 4.90. The van der Waals surface area contributed by atoms with Crippen LogP contribution in [0.4, 0.5) is 0 Å². The molecule has 0 spiro atoms. The fraction of sp³-hybridized carbons (Fsp3) is 0.133. The van der Waals surface area contributed by atoms with Crippen LogP contribution in [-0.4, -0.2) is 19.2 Å². The van der Waals surface area contributed by atoms with Crippen molar-refractivity contribution >= 4 is 21.6 Å². The molecule has 0 bridgehead atoms. The lowest BCUT2D eigenvalue weighted by molar-refractivity contribution is 0.395. The van der Waals surface area contributed by atoms with Crippen molar-refractivity contribution in [2.45, 2.75) is 0 Å². The molecule has 1 aromatic heterocycles. The first-order valence-corrected chi connectivity index (χ1v) is 6.71. The molecule has 4 heteroatoms. The first-order chi connectivity index (χ1) is 9.31. The van der Waals surface area contributed by atoms with Crippen molar-refractivity contribution in [2.75, 3.05) is 14.2 Å². The van der Waals surface area contributed by atoms with Gasteiger partial charge in [-0.2, -0.15) is 0 Å². The number of rotatable bonds is 3. The summed E-state index contributed by atoms with van der Waals surface area (Å²) in [6, 6.07) is 13.9. The number of hydrogen-bond acceptors (Lipinski definition) is 4. The van der Waals surface area contributed by atoms with Gasteiger partial charge < -0.3 is 9.47 Å². The monoisotopic (exact) mass is 271 g/mol. The van der Waals surface area contributed by atoms with Gasteiger partial charge in [0.05, 0.1) is 30.0 Å². The average molecular weight is 271 g/mol. The molecule has 0 aliphatic rings. The lowest BCUT2D eigenvalue weighted by Crippen LogP contribution is -1.89. The van der Waals surface area contributed by atoms with Crippen LogP contribution in [0.15, 0.2) is 42.5 Å². The van der Waals surface area contributed by atoms with Gasteiger partial charge in [0.25, 0.3) is 0 Å². The quantitative estimate of drug-likeness (QED) is 0.722. The highest BCUT2D eigenvalue weighted by molar-refractivity contribution is 7.21.